The number of fused-ring (bicyclic) bond motifs is 3. The standard InChI is InChI=1S/C13H18N2/c1-9-4-3-5-10-11-6-14-7-13(11)15(2)8-12(9)10/h3-5,11,13-14H,6-8H2,1-2H3. The fourth-order valence-electron chi connectivity index (χ4n) is 3.10. The van der Waals surface area contributed by atoms with E-state index in [0.717, 1.165) is 19.6 Å². The predicted molar refractivity (Wildman–Crippen MR) is 62.0 cm³/mol. The monoisotopic (exact) mass is 202 g/mol. The van der Waals surface area contributed by atoms with Crippen molar-refractivity contribution in [2.24, 2.45) is 0 Å². The van der Waals surface area contributed by atoms with Crippen LogP contribution in [-0.2, 0) is 6.54 Å². The molecule has 0 saturated carbocycles. The average molecular weight is 202 g/mol. The highest BCUT2D eigenvalue weighted by atomic mass is 15.2. The minimum absolute atomic E-state index is 0.707. The van der Waals surface area contributed by atoms with E-state index >= 15 is 0 Å². The van der Waals surface area contributed by atoms with Crippen LogP contribution in [0.25, 0.3) is 0 Å². The second-order valence-electron chi connectivity index (χ2n) is 4.89. The van der Waals surface area contributed by atoms with Crippen LogP contribution in [0.5, 0.6) is 0 Å². The highest BCUT2D eigenvalue weighted by Gasteiger charge is 2.36. The first-order valence-electron chi connectivity index (χ1n) is 5.76. The molecule has 2 aliphatic rings. The maximum absolute atomic E-state index is 3.51. The van der Waals surface area contributed by atoms with Gasteiger partial charge in [0, 0.05) is 31.6 Å². The molecule has 0 aromatic heterocycles. The zero-order chi connectivity index (χ0) is 10.4. The van der Waals surface area contributed by atoms with Gasteiger partial charge in [-0.3, -0.25) is 4.90 Å². The molecule has 2 unspecified atom stereocenters. The summed E-state index contributed by atoms with van der Waals surface area (Å²) in [7, 11) is 2.25. The predicted octanol–water partition coefficient (Wildman–Crippen LogP) is 1.50. The van der Waals surface area contributed by atoms with Gasteiger partial charge in [0.2, 0.25) is 0 Å². The Labute approximate surface area is 91.3 Å². The van der Waals surface area contributed by atoms with E-state index in [9.17, 15) is 0 Å². The van der Waals surface area contributed by atoms with Gasteiger partial charge in [-0.25, -0.2) is 0 Å². The van der Waals surface area contributed by atoms with Crippen LogP contribution in [0, 0.1) is 6.92 Å². The molecular weight excluding hydrogens is 184 g/mol. The summed E-state index contributed by atoms with van der Waals surface area (Å²) in [5, 5.41) is 3.51. The maximum atomic E-state index is 3.51. The van der Waals surface area contributed by atoms with Gasteiger partial charge in [-0.05, 0) is 30.7 Å². The van der Waals surface area contributed by atoms with Gasteiger partial charge in [-0.15, -0.1) is 0 Å². The summed E-state index contributed by atoms with van der Waals surface area (Å²) in [5.74, 6) is 0.707. The third-order valence-electron chi connectivity index (χ3n) is 4.00. The molecule has 2 aliphatic heterocycles. The molecule has 0 bridgehead atoms. The second-order valence-corrected chi connectivity index (χ2v) is 4.89. The van der Waals surface area contributed by atoms with E-state index in [4.69, 9.17) is 0 Å². The Morgan fingerprint density at radius 1 is 1.33 bits per heavy atom. The summed E-state index contributed by atoms with van der Waals surface area (Å²) < 4.78 is 0. The molecule has 2 nitrogen and oxygen atoms in total. The van der Waals surface area contributed by atoms with Gasteiger partial charge in [0.15, 0.2) is 0 Å². The summed E-state index contributed by atoms with van der Waals surface area (Å²) in [5.41, 5.74) is 4.60. The molecule has 1 N–H and O–H groups in total. The molecule has 3 rings (SSSR count). The molecule has 1 aromatic carbocycles. The van der Waals surface area contributed by atoms with Gasteiger partial charge in [0.1, 0.15) is 0 Å². The Hall–Kier alpha value is -0.860. The SMILES string of the molecule is Cc1cccc2c1CN(C)C1CNCC21. The molecule has 0 spiro atoms. The highest BCUT2D eigenvalue weighted by molar-refractivity contribution is 5.40. The third kappa shape index (κ3) is 1.32. The fourth-order valence-corrected chi connectivity index (χ4v) is 3.10. The zero-order valence-electron chi connectivity index (χ0n) is 9.46. The number of benzene rings is 1. The number of nitrogens with one attached hydrogen (secondary N) is 1. The van der Waals surface area contributed by atoms with Crippen LogP contribution >= 0.6 is 0 Å². The van der Waals surface area contributed by atoms with Gasteiger partial charge in [-0.1, -0.05) is 18.2 Å². The number of hydrogen-bond acceptors (Lipinski definition) is 2. The largest absolute Gasteiger partial charge is 0.314 e. The first-order chi connectivity index (χ1) is 7.27. The first-order valence-corrected chi connectivity index (χ1v) is 5.76. The van der Waals surface area contributed by atoms with Crippen LogP contribution in [-0.4, -0.2) is 31.1 Å². The molecule has 0 amide bonds. The summed E-state index contributed by atoms with van der Waals surface area (Å²) >= 11 is 0. The van der Waals surface area contributed by atoms with Crippen LogP contribution < -0.4 is 5.32 Å². The topological polar surface area (TPSA) is 15.3 Å². The van der Waals surface area contributed by atoms with Crippen molar-refractivity contribution in [1.82, 2.24) is 10.2 Å². The van der Waals surface area contributed by atoms with Crippen molar-refractivity contribution in [3.63, 3.8) is 0 Å². The van der Waals surface area contributed by atoms with E-state index in [1.807, 2.05) is 0 Å². The Morgan fingerprint density at radius 2 is 2.20 bits per heavy atom. The van der Waals surface area contributed by atoms with E-state index in [1.54, 1.807) is 11.1 Å². The molecule has 0 aliphatic carbocycles. The molecule has 2 heterocycles. The van der Waals surface area contributed by atoms with E-state index in [1.165, 1.54) is 5.56 Å². The molecule has 1 aromatic rings. The summed E-state index contributed by atoms with van der Waals surface area (Å²) in [6, 6.07) is 7.46. The number of rotatable bonds is 0. The molecule has 2 atom stereocenters. The van der Waals surface area contributed by atoms with Crippen LogP contribution in [0.15, 0.2) is 18.2 Å². The number of likely N-dealkylation sites (N-methyl/N-ethyl adjacent to an activating group) is 1. The lowest BCUT2D eigenvalue weighted by molar-refractivity contribution is 0.213. The Morgan fingerprint density at radius 3 is 3.07 bits per heavy atom. The third-order valence-corrected chi connectivity index (χ3v) is 4.00. The van der Waals surface area contributed by atoms with E-state index in [-0.39, 0.29) is 0 Å². The van der Waals surface area contributed by atoms with Crippen molar-refractivity contribution in [3.8, 4) is 0 Å². The molecule has 80 valence electrons. The van der Waals surface area contributed by atoms with Crippen LogP contribution in [0.2, 0.25) is 0 Å². The van der Waals surface area contributed by atoms with Gasteiger partial charge in [-0.2, -0.15) is 0 Å². The second kappa shape index (κ2) is 3.32. The Balaban J connectivity index is 2.11. The zero-order valence-corrected chi connectivity index (χ0v) is 9.46. The van der Waals surface area contributed by atoms with Crippen LogP contribution in [0.4, 0.5) is 0 Å². The van der Waals surface area contributed by atoms with Gasteiger partial charge in [0.25, 0.3) is 0 Å². The van der Waals surface area contributed by atoms with Gasteiger partial charge < -0.3 is 5.32 Å². The molecule has 0 radical (unpaired) electrons. The van der Waals surface area contributed by atoms with Crippen molar-refractivity contribution < 1.29 is 0 Å². The molecular formula is C13H18N2. The molecule has 15 heavy (non-hydrogen) atoms. The summed E-state index contributed by atoms with van der Waals surface area (Å²) in [4.78, 5) is 2.50. The number of hydrogen-bond donors (Lipinski definition) is 1. The Bertz CT molecular complexity index is 386. The highest BCUT2D eigenvalue weighted by Crippen LogP contribution is 2.35. The van der Waals surface area contributed by atoms with Crippen LogP contribution in [0.1, 0.15) is 22.6 Å². The average Bonchev–Trinajstić information content (AvgIpc) is 2.69. The minimum Gasteiger partial charge on any atom is -0.314 e. The fraction of sp³-hybridized carbons (Fsp3) is 0.538. The Kier molecular flexibility index (Phi) is 2.08. The van der Waals surface area contributed by atoms with Crippen molar-refractivity contribution >= 4 is 0 Å². The molecule has 1 saturated heterocycles. The smallest absolute Gasteiger partial charge is 0.0302 e. The van der Waals surface area contributed by atoms with Gasteiger partial charge in [0.05, 0.1) is 0 Å². The number of nitrogens with zero attached hydrogens (tertiary/aromatic N) is 1. The lowest BCUT2D eigenvalue weighted by Crippen LogP contribution is -2.40. The molecule has 1 fully saturated rings. The first kappa shape index (κ1) is 9.37. The lowest BCUT2D eigenvalue weighted by Gasteiger charge is -2.36. The van der Waals surface area contributed by atoms with E-state index in [0.29, 0.717) is 12.0 Å². The minimum atomic E-state index is 0.707. The summed E-state index contributed by atoms with van der Waals surface area (Å²) in [6.45, 7) is 5.64. The van der Waals surface area contributed by atoms with Crippen molar-refractivity contribution in [2.45, 2.75) is 25.4 Å². The van der Waals surface area contributed by atoms with Gasteiger partial charge >= 0.3 is 0 Å². The van der Waals surface area contributed by atoms with Crippen LogP contribution in [0.3, 0.4) is 0 Å². The molecule has 2 heteroatoms. The van der Waals surface area contributed by atoms with Crippen molar-refractivity contribution in [3.05, 3.63) is 34.9 Å². The maximum Gasteiger partial charge on any atom is 0.0302 e. The van der Waals surface area contributed by atoms with Crippen molar-refractivity contribution in [1.29, 1.82) is 0 Å². The lowest BCUT2D eigenvalue weighted by atomic mass is 9.84. The summed E-state index contributed by atoms with van der Waals surface area (Å²) in [6.07, 6.45) is 0. The quantitative estimate of drug-likeness (QED) is 0.686. The normalized spacial score (nSPS) is 30.0. The number of aryl methyl sites for hydroxylation is 1. The van der Waals surface area contributed by atoms with E-state index in [2.05, 4.69) is 42.4 Å². The van der Waals surface area contributed by atoms with Crippen molar-refractivity contribution in [2.75, 3.05) is 20.1 Å². The van der Waals surface area contributed by atoms with E-state index < -0.39 is 0 Å².